The van der Waals surface area contributed by atoms with Crippen molar-refractivity contribution in [2.75, 3.05) is 45.7 Å². The number of nitrogens with zero attached hydrogens (tertiary/aromatic N) is 1. The van der Waals surface area contributed by atoms with Crippen molar-refractivity contribution in [2.45, 2.75) is 13.8 Å². The number of aromatic nitrogens is 1. The van der Waals surface area contributed by atoms with E-state index in [1.807, 2.05) is 20.9 Å². The van der Waals surface area contributed by atoms with E-state index in [-0.39, 0.29) is 11.6 Å². The number of ether oxygens (including phenoxy) is 1. The van der Waals surface area contributed by atoms with Crippen LogP contribution in [0.1, 0.15) is 24.3 Å². The molecule has 29 heavy (non-hydrogen) atoms. The van der Waals surface area contributed by atoms with Gasteiger partial charge in [0.05, 0.1) is 23.3 Å². The zero-order valence-electron chi connectivity index (χ0n) is 17.0. The minimum Gasteiger partial charge on any atom is -0.378 e. The molecule has 0 saturated heterocycles. The Hall–Kier alpha value is -1.57. The molecule has 160 valence electrons. The van der Waals surface area contributed by atoms with Crippen molar-refractivity contribution in [3.05, 3.63) is 45.0 Å². The smallest absolute Gasteiger partial charge is 0.269 e. The fraction of sp³-hybridized carbons (Fsp3) is 0.400. The second-order valence-electron chi connectivity index (χ2n) is 5.56. The van der Waals surface area contributed by atoms with Gasteiger partial charge in [0.1, 0.15) is 11.5 Å². The Balaban J connectivity index is 0.00000204. The lowest BCUT2D eigenvalue weighted by Gasteiger charge is -2.15. The summed E-state index contributed by atoms with van der Waals surface area (Å²) in [5, 5.41) is 9.92. The highest BCUT2D eigenvalue weighted by atomic mass is 35.5. The third kappa shape index (κ3) is 7.64. The van der Waals surface area contributed by atoms with E-state index in [4.69, 9.17) is 39.5 Å². The number of halogens is 3. The van der Waals surface area contributed by atoms with Gasteiger partial charge in [-0.25, -0.2) is 4.98 Å². The number of benzene rings is 1. The zero-order valence-corrected chi connectivity index (χ0v) is 19.3. The third-order valence-electron chi connectivity index (χ3n) is 3.67. The number of anilines is 1. The summed E-state index contributed by atoms with van der Waals surface area (Å²) >= 11 is 18.6. The number of pyridine rings is 1. The Labute approximate surface area is 187 Å². The van der Waals surface area contributed by atoms with Crippen LogP contribution in [0.25, 0.3) is 11.1 Å². The Bertz CT molecular complexity index is 804. The summed E-state index contributed by atoms with van der Waals surface area (Å²) in [7, 11) is 3.41. The molecule has 0 saturated carbocycles. The number of hydrogen-bond donors (Lipinski definition) is 3. The van der Waals surface area contributed by atoms with Crippen LogP contribution in [0.4, 0.5) is 5.82 Å². The molecular weight excluding hydrogens is 435 g/mol. The molecule has 1 aromatic heterocycles. The maximum Gasteiger partial charge on any atom is 0.269 e. The van der Waals surface area contributed by atoms with Crippen LogP contribution in [0.3, 0.4) is 0 Å². The normalized spacial score (nSPS) is 10.2. The first-order chi connectivity index (χ1) is 14.0. The number of amides is 1. The van der Waals surface area contributed by atoms with Crippen molar-refractivity contribution < 1.29 is 9.53 Å². The quantitative estimate of drug-likeness (QED) is 0.371. The molecule has 1 amide bonds. The summed E-state index contributed by atoms with van der Waals surface area (Å²) < 4.78 is 5.50. The summed E-state index contributed by atoms with van der Waals surface area (Å²) in [5.74, 6) is 0.207. The van der Waals surface area contributed by atoms with Crippen molar-refractivity contribution in [1.29, 1.82) is 0 Å². The van der Waals surface area contributed by atoms with Crippen LogP contribution >= 0.6 is 34.8 Å². The maximum absolute atomic E-state index is 11.9. The predicted molar refractivity (Wildman–Crippen MR) is 123 cm³/mol. The van der Waals surface area contributed by atoms with E-state index in [1.165, 1.54) is 0 Å². The number of hydrogen-bond acceptors (Lipinski definition) is 5. The van der Waals surface area contributed by atoms with E-state index in [0.29, 0.717) is 51.8 Å². The molecule has 2 aromatic rings. The number of likely N-dealkylation sites (N-methyl/N-ethyl adjacent to an activating group) is 1. The predicted octanol–water partition coefficient (Wildman–Crippen LogP) is 4.74. The van der Waals surface area contributed by atoms with Gasteiger partial charge in [-0.05, 0) is 31.3 Å². The van der Waals surface area contributed by atoms with E-state index in [1.54, 1.807) is 31.3 Å². The molecule has 0 aliphatic carbocycles. The Morgan fingerprint density at radius 2 is 1.72 bits per heavy atom. The van der Waals surface area contributed by atoms with Crippen LogP contribution in [-0.4, -0.2) is 51.3 Å². The van der Waals surface area contributed by atoms with Crippen molar-refractivity contribution in [3.8, 4) is 11.1 Å². The lowest BCUT2D eigenvalue weighted by atomic mass is 10.1. The SMILES string of the molecule is CC.CNCCOCCNc1nc(C(=O)NC)ccc1-c1cc(Cl)cc(Cl)c1Cl. The van der Waals surface area contributed by atoms with E-state index in [9.17, 15) is 4.79 Å². The van der Waals surface area contributed by atoms with Gasteiger partial charge in [0.15, 0.2) is 0 Å². The second kappa shape index (κ2) is 13.6. The standard InChI is InChI=1S/C18H21Cl3N4O2.C2H6/c1-22-5-7-27-8-6-24-17-12(3-4-15(25-17)18(26)23-2)13-9-11(19)10-14(20)16(13)21;1-2/h3-4,9-10,22H,5-8H2,1-2H3,(H,23,26)(H,24,25);1-2H3. The van der Waals surface area contributed by atoms with E-state index in [2.05, 4.69) is 20.9 Å². The number of carbonyl (C=O) groups excluding carboxylic acids is 1. The van der Waals surface area contributed by atoms with Gasteiger partial charge in [0.2, 0.25) is 0 Å². The Morgan fingerprint density at radius 1 is 1.03 bits per heavy atom. The highest BCUT2D eigenvalue weighted by molar-refractivity contribution is 6.45. The van der Waals surface area contributed by atoms with Gasteiger partial charge in [-0.15, -0.1) is 0 Å². The number of rotatable bonds is 9. The van der Waals surface area contributed by atoms with Crippen LogP contribution < -0.4 is 16.0 Å². The lowest BCUT2D eigenvalue weighted by Crippen LogP contribution is -2.21. The summed E-state index contributed by atoms with van der Waals surface area (Å²) in [6.45, 7) is 6.36. The average Bonchev–Trinajstić information content (AvgIpc) is 2.74. The molecule has 0 aliphatic rings. The minimum absolute atomic E-state index is 0.282. The molecule has 9 heteroatoms. The van der Waals surface area contributed by atoms with Crippen molar-refractivity contribution >= 4 is 46.5 Å². The van der Waals surface area contributed by atoms with Gasteiger partial charge in [0, 0.05) is 36.3 Å². The van der Waals surface area contributed by atoms with Gasteiger partial charge in [-0.3, -0.25) is 4.79 Å². The topological polar surface area (TPSA) is 75.3 Å². The molecule has 0 radical (unpaired) electrons. The molecule has 2 rings (SSSR count). The highest BCUT2D eigenvalue weighted by Crippen LogP contribution is 2.39. The van der Waals surface area contributed by atoms with E-state index in [0.717, 1.165) is 6.54 Å². The minimum atomic E-state index is -0.287. The molecule has 0 atom stereocenters. The molecule has 3 N–H and O–H groups in total. The first-order valence-electron chi connectivity index (χ1n) is 9.32. The molecule has 0 aliphatic heterocycles. The second-order valence-corrected chi connectivity index (χ2v) is 6.79. The van der Waals surface area contributed by atoms with Gasteiger partial charge in [-0.1, -0.05) is 48.7 Å². The van der Waals surface area contributed by atoms with Gasteiger partial charge in [-0.2, -0.15) is 0 Å². The van der Waals surface area contributed by atoms with Gasteiger partial charge < -0.3 is 20.7 Å². The first kappa shape index (κ1) is 25.5. The largest absolute Gasteiger partial charge is 0.378 e. The third-order valence-corrected chi connectivity index (χ3v) is 4.69. The van der Waals surface area contributed by atoms with E-state index < -0.39 is 0 Å². The highest BCUT2D eigenvalue weighted by Gasteiger charge is 2.16. The summed E-state index contributed by atoms with van der Waals surface area (Å²) in [4.78, 5) is 16.4. The molecule has 1 heterocycles. The van der Waals surface area contributed by atoms with Crippen LogP contribution in [0.15, 0.2) is 24.3 Å². The van der Waals surface area contributed by atoms with Crippen LogP contribution in [0.5, 0.6) is 0 Å². The van der Waals surface area contributed by atoms with Gasteiger partial charge in [0.25, 0.3) is 5.91 Å². The van der Waals surface area contributed by atoms with Crippen molar-refractivity contribution in [2.24, 2.45) is 0 Å². The van der Waals surface area contributed by atoms with Crippen LogP contribution in [-0.2, 0) is 4.74 Å². The fourth-order valence-corrected chi connectivity index (χ4v) is 3.04. The Kier molecular flexibility index (Phi) is 12.0. The van der Waals surface area contributed by atoms with E-state index >= 15 is 0 Å². The van der Waals surface area contributed by atoms with Crippen molar-refractivity contribution in [3.63, 3.8) is 0 Å². The van der Waals surface area contributed by atoms with Gasteiger partial charge >= 0.3 is 0 Å². The molecular formula is C20H27Cl3N4O2. The molecule has 1 aromatic carbocycles. The summed E-state index contributed by atoms with van der Waals surface area (Å²) in [6, 6.07) is 6.66. The first-order valence-corrected chi connectivity index (χ1v) is 10.5. The molecule has 0 spiro atoms. The lowest BCUT2D eigenvalue weighted by molar-refractivity contribution is 0.0958. The zero-order chi connectivity index (χ0) is 21.8. The van der Waals surface area contributed by atoms with Crippen LogP contribution in [0, 0.1) is 0 Å². The fourth-order valence-electron chi connectivity index (χ4n) is 2.34. The monoisotopic (exact) mass is 460 g/mol. The molecule has 0 bridgehead atoms. The molecule has 0 unspecified atom stereocenters. The molecule has 0 fully saturated rings. The average molecular weight is 462 g/mol. The maximum atomic E-state index is 11.9. The van der Waals surface area contributed by atoms with Crippen molar-refractivity contribution in [1.82, 2.24) is 15.6 Å². The Morgan fingerprint density at radius 3 is 2.38 bits per heavy atom. The number of nitrogens with one attached hydrogen (secondary N) is 3. The molecule has 6 nitrogen and oxygen atoms in total. The van der Waals surface area contributed by atoms with Crippen LogP contribution in [0.2, 0.25) is 15.1 Å². The number of carbonyl (C=O) groups is 1. The summed E-state index contributed by atoms with van der Waals surface area (Å²) in [6.07, 6.45) is 0. The summed E-state index contributed by atoms with van der Waals surface area (Å²) in [5.41, 5.74) is 1.60.